The van der Waals surface area contributed by atoms with E-state index in [4.69, 9.17) is 4.74 Å². The lowest BCUT2D eigenvalue weighted by atomic mass is 9.91. The lowest BCUT2D eigenvalue weighted by molar-refractivity contribution is -0.136. The van der Waals surface area contributed by atoms with E-state index >= 15 is 0 Å². The predicted molar refractivity (Wildman–Crippen MR) is 113 cm³/mol. The highest BCUT2D eigenvalue weighted by molar-refractivity contribution is 5.90. The Morgan fingerprint density at radius 2 is 1.80 bits per heavy atom. The second-order valence-electron chi connectivity index (χ2n) is 8.42. The molecule has 1 N–H and O–H groups in total. The number of nitrogens with one attached hydrogen (secondary N) is 1. The van der Waals surface area contributed by atoms with E-state index in [-0.39, 0.29) is 24.1 Å². The van der Waals surface area contributed by atoms with Crippen LogP contribution in [0.2, 0.25) is 0 Å². The zero-order valence-corrected chi connectivity index (χ0v) is 17.6. The van der Waals surface area contributed by atoms with Crippen LogP contribution in [0.1, 0.15) is 36.9 Å². The van der Waals surface area contributed by atoms with Crippen LogP contribution >= 0.6 is 0 Å². The number of likely N-dealkylation sites (tertiary alicyclic amines) is 1. The van der Waals surface area contributed by atoms with Gasteiger partial charge in [-0.05, 0) is 43.7 Å². The number of benzene rings is 1. The van der Waals surface area contributed by atoms with Crippen LogP contribution in [0.5, 0.6) is 0 Å². The normalized spacial score (nSPS) is 18.2. The largest absolute Gasteiger partial charge is 0.378 e. The first kappa shape index (κ1) is 20.8. The van der Waals surface area contributed by atoms with E-state index < -0.39 is 0 Å². The number of hydrogen-bond acceptors (Lipinski definition) is 3. The molecule has 1 aromatic heterocycles. The lowest BCUT2D eigenvalue weighted by Gasteiger charge is -2.33. The average molecular weight is 416 g/mol. The van der Waals surface area contributed by atoms with Crippen LogP contribution in [0.4, 0.5) is 4.39 Å². The molecule has 2 aliphatic heterocycles. The number of halogens is 1. The van der Waals surface area contributed by atoms with Gasteiger partial charge in [0.05, 0.1) is 25.2 Å². The summed E-state index contributed by atoms with van der Waals surface area (Å²) in [7, 11) is 0. The van der Waals surface area contributed by atoms with Gasteiger partial charge in [0.25, 0.3) is 0 Å². The lowest BCUT2D eigenvalue weighted by Crippen LogP contribution is -2.41. The van der Waals surface area contributed by atoms with Gasteiger partial charge in [0.15, 0.2) is 0 Å². The molecular formula is C23H30FN3O3. The van der Waals surface area contributed by atoms with E-state index in [0.717, 1.165) is 49.0 Å². The fraction of sp³-hybridized carbons (Fsp3) is 0.565. The van der Waals surface area contributed by atoms with Crippen molar-refractivity contribution >= 4 is 22.7 Å². The minimum Gasteiger partial charge on any atom is -0.378 e. The first-order valence-corrected chi connectivity index (χ1v) is 10.9. The molecule has 0 unspecified atom stereocenters. The summed E-state index contributed by atoms with van der Waals surface area (Å²) < 4.78 is 19.3. The molecule has 0 atom stereocenters. The van der Waals surface area contributed by atoms with Gasteiger partial charge in [0, 0.05) is 43.7 Å². The standard InChI is InChI=1S/C23H30FN3O3/c1-16-19(18-3-2-4-20(24)23(18)25-16)15-22(29)26-9-7-17(8-10-26)5-6-21(28)27-11-13-30-14-12-27/h2-4,17,25H,5-15H2,1H3. The summed E-state index contributed by atoms with van der Waals surface area (Å²) in [6, 6.07) is 4.98. The first-order valence-electron chi connectivity index (χ1n) is 10.9. The molecule has 0 spiro atoms. The number of aromatic nitrogens is 1. The van der Waals surface area contributed by atoms with Gasteiger partial charge in [-0.15, -0.1) is 0 Å². The maximum absolute atomic E-state index is 14.0. The van der Waals surface area contributed by atoms with Crippen molar-refractivity contribution in [3.8, 4) is 0 Å². The third-order valence-electron chi connectivity index (χ3n) is 6.53. The van der Waals surface area contributed by atoms with Crippen LogP contribution in [0.25, 0.3) is 10.9 Å². The maximum atomic E-state index is 14.0. The Morgan fingerprint density at radius 3 is 2.53 bits per heavy atom. The minimum atomic E-state index is -0.290. The molecule has 0 saturated carbocycles. The van der Waals surface area contributed by atoms with Crippen LogP contribution in [0.3, 0.4) is 0 Å². The molecule has 0 bridgehead atoms. The Hall–Kier alpha value is -2.41. The fourth-order valence-electron chi connectivity index (χ4n) is 4.63. The van der Waals surface area contributed by atoms with Gasteiger partial charge in [0.1, 0.15) is 5.82 Å². The summed E-state index contributed by atoms with van der Waals surface area (Å²) in [5.74, 6) is 0.509. The highest BCUT2D eigenvalue weighted by Gasteiger charge is 2.25. The minimum absolute atomic E-state index is 0.0890. The van der Waals surface area contributed by atoms with Crippen molar-refractivity contribution in [1.82, 2.24) is 14.8 Å². The number of rotatable bonds is 5. The van der Waals surface area contributed by atoms with E-state index in [0.29, 0.717) is 44.2 Å². The van der Waals surface area contributed by atoms with E-state index in [1.54, 1.807) is 6.07 Å². The fourth-order valence-corrected chi connectivity index (χ4v) is 4.63. The predicted octanol–water partition coefficient (Wildman–Crippen LogP) is 3.04. The summed E-state index contributed by atoms with van der Waals surface area (Å²) in [5.41, 5.74) is 2.20. The topological polar surface area (TPSA) is 65.6 Å². The highest BCUT2D eigenvalue weighted by Crippen LogP contribution is 2.27. The molecule has 0 radical (unpaired) electrons. The molecule has 3 heterocycles. The number of hydrogen-bond donors (Lipinski definition) is 1. The SMILES string of the molecule is Cc1[nH]c2c(F)cccc2c1CC(=O)N1CCC(CCC(=O)N2CCOCC2)CC1. The molecule has 2 fully saturated rings. The second kappa shape index (κ2) is 9.16. The summed E-state index contributed by atoms with van der Waals surface area (Å²) in [5, 5.41) is 0.789. The third-order valence-corrected chi connectivity index (χ3v) is 6.53. The Morgan fingerprint density at radius 1 is 1.10 bits per heavy atom. The van der Waals surface area contributed by atoms with Crippen molar-refractivity contribution in [2.75, 3.05) is 39.4 Å². The number of aryl methyl sites for hydroxylation is 1. The van der Waals surface area contributed by atoms with Crippen LogP contribution in [-0.4, -0.2) is 66.0 Å². The highest BCUT2D eigenvalue weighted by atomic mass is 19.1. The van der Waals surface area contributed by atoms with Crippen LogP contribution < -0.4 is 0 Å². The van der Waals surface area contributed by atoms with Crippen LogP contribution in [-0.2, 0) is 20.7 Å². The number of morpholine rings is 1. The molecule has 2 aliphatic rings. The summed E-state index contributed by atoms with van der Waals surface area (Å²) in [6.07, 6.45) is 3.63. The zero-order valence-electron chi connectivity index (χ0n) is 17.6. The average Bonchev–Trinajstić information content (AvgIpc) is 3.09. The van der Waals surface area contributed by atoms with Gasteiger partial charge in [-0.3, -0.25) is 9.59 Å². The third kappa shape index (κ3) is 4.51. The van der Waals surface area contributed by atoms with Crippen LogP contribution in [0, 0.1) is 18.7 Å². The van der Waals surface area contributed by atoms with Crippen molar-refractivity contribution < 1.29 is 18.7 Å². The molecule has 7 heteroatoms. The molecule has 4 rings (SSSR count). The van der Waals surface area contributed by atoms with Crippen LogP contribution in [0.15, 0.2) is 18.2 Å². The number of nitrogens with zero attached hydrogens (tertiary/aromatic N) is 2. The Bertz CT molecular complexity index is 912. The van der Waals surface area contributed by atoms with E-state index in [2.05, 4.69) is 4.98 Å². The molecule has 162 valence electrons. The molecule has 2 saturated heterocycles. The first-order chi connectivity index (χ1) is 14.5. The number of carbonyl (C=O) groups excluding carboxylic acids is 2. The van der Waals surface area contributed by atoms with Crippen molar-refractivity contribution in [2.45, 2.75) is 39.0 Å². The van der Waals surface area contributed by atoms with Gasteiger partial charge in [0.2, 0.25) is 11.8 Å². The molecular weight excluding hydrogens is 385 g/mol. The number of H-pyrrole nitrogens is 1. The monoisotopic (exact) mass is 415 g/mol. The molecule has 2 aromatic rings. The van der Waals surface area contributed by atoms with Crippen molar-refractivity contribution in [1.29, 1.82) is 0 Å². The van der Waals surface area contributed by atoms with Gasteiger partial charge < -0.3 is 19.5 Å². The quantitative estimate of drug-likeness (QED) is 0.816. The molecule has 6 nitrogen and oxygen atoms in total. The number of carbonyl (C=O) groups is 2. The number of para-hydroxylation sites is 1. The van der Waals surface area contributed by atoms with E-state index in [1.165, 1.54) is 6.07 Å². The van der Waals surface area contributed by atoms with Gasteiger partial charge in [-0.25, -0.2) is 4.39 Å². The molecule has 0 aliphatic carbocycles. The Kier molecular flexibility index (Phi) is 6.37. The van der Waals surface area contributed by atoms with Gasteiger partial charge in [-0.1, -0.05) is 12.1 Å². The molecule has 30 heavy (non-hydrogen) atoms. The number of piperidine rings is 1. The molecule has 2 amide bonds. The summed E-state index contributed by atoms with van der Waals surface area (Å²) in [6.45, 7) is 6.01. The molecule has 1 aromatic carbocycles. The number of amides is 2. The Labute approximate surface area is 176 Å². The van der Waals surface area contributed by atoms with E-state index in [9.17, 15) is 14.0 Å². The van der Waals surface area contributed by atoms with Gasteiger partial charge >= 0.3 is 0 Å². The number of aromatic amines is 1. The zero-order chi connectivity index (χ0) is 21.1. The maximum Gasteiger partial charge on any atom is 0.227 e. The Balaban J connectivity index is 1.27. The van der Waals surface area contributed by atoms with Gasteiger partial charge in [-0.2, -0.15) is 0 Å². The second-order valence-corrected chi connectivity index (χ2v) is 8.42. The number of fused-ring (bicyclic) bond motifs is 1. The number of ether oxygens (including phenoxy) is 1. The smallest absolute Gasteiger partial charge is 0.227 e. The van der Waals surface area contributed by atoms with Crippen molar-refractivity contribution in [2.24, 2.45) is 5.92 Å². The van der Waals surface area contributed by atoms with Crippen molar-refractivity contribution in [3.05, 3.63) is 35.3 Å². The van der Waals surface area contributed by atoms with E-state index in [1.807, 2.05) is 22.8 Å². The summed E-state index contributed by atoms with van der Waals surface area (Å²) >= 11 is 0. The van der Waals surface area contributed by atoms with Crippen molar-refractivity contribution in [3.63, 3.8) is 0 Å². The summed E-state index contributed by atoms with van der Waals surface area (Å²) in [4.78, 5) is 32.1.